The number of amides is 2. The Morgan fingerprint density at radius 3 is 2.42 bits per heavy atom. The van der Waals surface area contributed by atoms with Gasteiger partial charge in [0, 0.05) is 19.5 Å². The van der Waals surface area contributed by atoms with E-state index in [1.165, 1.54) is 0 Å². The summed E-state index contributed by atoms with van der Waals surface area (Å²) in [6, 6.07) is -0.423. The van der Waals surface area contributed by atoms with Crippen LogP contribution in [0.1, 0.15) is 39.5 Å². The van der Waals surface area contributed by atoms with Crippen LogP contribution >= 0.6 is 12.4 Å². The summed E-state index contributed by atoms with van der Waals surface area (Å²) in [6.45, 7) is 8.47. The second-order valence-electron chi connectivity index (χ2n) is 6.96. The maximum absolute atomic E-state index is 12.6. The van der Waals surface area contributed by atoms with E-state index in [1.54, 1.807) is 4.90 Å². The Morgan fingerprint density at radius 1 is 1.21 bits per heavy atom. The monoisotopic (exact) mass is 361 g/mol. The fourth-order valence-corrected chi connectivity index (χ4v) is 3.25. The molecule has 2 N–H and O–H groups in total. The lowest BCUT2D eigenvalue weighted by atomic mass is 9.93. The zero-order valence-electron chi connectivity index (χ0n) is 14.9. The molecule has 7 heteroatoms. The summed E-state index contributed by atoms with van der Waals surface area (Å²) in [5.41, 5.74) is 0. The third-order valence-electron chi connectivity index (χ3n) is 4.81. The molecule has 24 heavy (non-hydrogen) atoms. The largest absolute Gasteiger partial charge is 0.378 e. The van der Waals surface area contributed by atoms with Gasteiger partial charge in [0.1, 0.15) is 6.04 Å². The molecule has 0 saturated carbocycles. The van der Waals surface area contributed by atoms with E-state index in [0.29, 0.717) is 38.6 Å². The minimum Gasteiger partial charge on any atom is -0.378 e. The average molecular weight is 362 g/mol. The summed E-state index contributed by atoms with van der Waals surface area (Å²) in [7, 11) is 0. The molecular formula is C17H32ClN3O3. The number of morpholine rings is 1. The van der Waals surface area contributed by atoms with E-state index < -0.39 is 6.04 Å². The highest BCUT2D eigenvalue weighted by molar-refractivity contribution is 5.88. The van der Waals surface area contributed by atoms with Crippen molar-refractivity contribution in [2.45, 2.75) is 45.6 Å². The quantitative estimate of drug-likeness (QED) is 0.745. The molecule has 2 saturated heterocycles. The van der Waals surface area contributed by atoms with E-state index in [2.05, 4.69) is 10.6 Å². The van der Waals surface area contributed by atoms with Gasteiger partial charge in [-0.3, -0.25) is 9.59 Å². The maximum atomic E-state index is 12.6. The van der Waals surface area contributed by atoms with Gasteiger partial charge in [-0.05, 0) is 44.2 Å². The first kappa shape index (κ1) is 21.2. The number of piperidine rings is 1. The van der Waals surface area contributed by atoms with Crippen LogP contribution in [0.3, 0.4) is 0 Å². The van der Waals surface area contributed by atoms with Gasteiger partial charge >= 0.3 is 0 Å². The Kier molecular flexibility index (Phi) is 9.63. The Hall–Kier alpha value is -0.850. The number of nitrogens with one attached hydrogen (secondary N) is 2. The summed E-state index contributed by atoms with van der Waals surface area (Å²) in [5, 5.41) is 6.31. The Morgan fingerprint density at radius 2 is 1.83 bits per heavy atom. The van der Waals surface area contributed by atoms with E-state index in [-0.39, 0.29) is 30.1 Å². The Labute approximate surface area is 151 Å². The fraction of sp³-hybridized carbons (Fsp3) is 0.882. The topological polar surface area (TPSA) is 70.7 Å². The van der Waals surface area contributed by atoms with Crippen molar-refractivity contribution in [2.24, 2.45) is 11.8 Å². The van der Waals surface area contributed by atoms with Crippen molar-refractivity contribution in [1.82, 2.24) is 15.5 Å². The highest BCUT2D eigenvalue weighted by Gasteiger charge is 2.29. The lowest BCUT2D eigenvalue weighted by Crippen LogP contribution is -2.53. The first-order valence-corrected chi connectivity index (χ1v) is 8.94. The van der Waals surface area contributed by atoms with Crippen LogP contribution in [0, 0.1) is 11.8 Å². The molecule has 1 atom stereocenters. The first-order chi connectivity index (χ1) is 11.1. The molecule has 2 amide bonds. The lowest BCUT2D eigenvalue weighted by Gasteiger charge is -2.32. The van der Waals surface area contributed by atoms with Crippen molar-refractivity contribution < 1.29 is 14.3 Å². The van der Waals surface area contributed by atoms with Gasteiger partial charge in [0.2, 0.25) is 11.8 Å². The molecule has 0 spiro atoms. The van der Waals surface area contributed by atoms with Gasteiger partial charge in [0.25, 0.3) is 0 Å². The first-order valence-electron chi connectivity index (χ1n) is 8.94. The van der Waals surface area contributed by atoms with Crippen molar-refractivity contribution in [1.29, 1.82) is 0 Å². The summed E-state index contributed by atoms with van der Waals surface area (Å²) >= 11 is 0. The van der Waals surface area contributed by atoms with Crippen LogP contribution < -0.4 is 10.6 Å². The van der Waals surface area contributed by atoms with Crippen LogP contribution in [0.4, 0.5) is 0 Å². The van der Waals surface area contributed by atoms with Crippen LogP contribution in [0.15, 0.2) is 0 Å². The molecule has 2 aliphatic rings. The van der Waals surface area contributed by atoms with E-state index in [9.17, 15) is 9.59 Å². The molecule has 2 rings (SSSR count). The summed E-state index contributed by atoms with van der Waals surface area (Å²) in [4.78, 5) is 26.7. The molecule has 0 aromatic carbocycles. The zero-order valence-corrected chi connectivity index (χ0v) is 15.7. The van der Waals surface area contributed by atoms with Crippen molar-refractivity contribution in [3.63, 3.8) is 0 Å². The van der Waals surface area contributed by atoms with Crippen LogP contribution in [0.5, 0.6) is 0 Å². The van der Waals surface area contributed by atoms with Gasteiger partial charge in [-0.15, -0.1) is 12.4 Å². The van der Waals surface area contributed by atoms with Gasteiger partial charge in [-0.2, -0.15) is 0 Å². The number of nitrogens with zero attached hydrogens (tertiary/aromatic N) is 1. The van der Waals surface area contributed by atoms with Gasteiger partial charge in [-0.1, -0.05) is 13.8 Å². The highest BCUT2D eigenvalue weighted by atomic mass is 35.5. The van der Waals surface area contributed by atoms with Gasteiger partial charge in [0.15, 0.2) is 0 Å². The minimum atomic E-state index is -0.423. The summed E-state index contributed by atoms with van der Waals surface area (Å²) in [6.07, 6.45) is 3.73. The fourth-order valence-electron chi connectivity index (χ4n) is 3.25. The number of ether oxygens (including phenoxy) is 1. The average Bonchev–Trinajstić information content (AvgIpc) is 2.58. The molecular weight excluding hydrogens is 330 g/mol. The van der Waals surface area contributed by atoms with E-state index >= 15 is 0 Å². The van der Waals surface area contributed by atoms with Crippen molar-refractivity contribution >= 4 is 24.2 Å². The number of rotatable bonds is 6. The van der Waals surface area contributed by atoms with Gasteiger partial charge in [-0.25, -0.2) is 0 Å². The molecule has 2 fully saturated rings. The van der Waals surface area contributed by atoms with Crippen molar-refractivity contribution in [3.05, 3.63) is 0 Å². The molecule has 2 aliphatic heterocycles. The number of hydrogen-bond acceptors (Lipinski definition) is 4. The van der Waals surface area contributed by atoms with Crippen LogP contribution in [0.25, 0.3) is 0 Å². The smallest absolute Gasteiger partial charge is 0.245 e. The Balaban J connectivity index is 0.00000288. The summed E-state index contributed by atoms with van der Waals surface area (Å²) < 4.78 is 5.29. The number of carbonyl (C=O) groups is 2. The standard InChI is InChI=1S/C17H31N3O3.ClH/c1-13(2)16(17(22)20-9-11-23-12-10-20)19-15(21)4-3-14-5-7-18-8-6-14;/h13-14,16,18H,3-12H2,1-2H3,(H,19,21);1H. The molecule has 0 aliphatic carbocycles. The predicted molar refractivity (Wildman–Crippen MR) is 96.2 cm³/mol. The lowest BCUT2D eigenvalue weighted by molar-refractivity contribution is -0.141. The molecule has 140 valence electrons. The third-order valence-corrected chi connectivity index (χ3v) is 4.81. The molecule has 1 unspecified atom stereocenters. The van der Waals surface area contributed by atoms with E-state index in [4.69, 9.17) is 4.74 Å². The molecule has 2 heterocycles. The maximum Gasteiger partial charge on any atom is 0.245 e. The molecule has 0 radical (unpaired) electrons. The van der Waals surface area contributed by atoms with E-state index in [1.807, 2.05) is 13.8 Å². The Bertz CT molecular complexity index is 395. The normalized spacial score (nSPS) is 20.4. The second kappa shape index (κ2) is 10.9. The van der Waals surface area contributed by atoms with E-state index in [0.717, 1.165) is 32.4 Å². The zero-order chi connectivity index (χ0) is 16.7. The minimum absolute atomic E-state index is 0. The third kappa shape index (κ3) is 6.57. The number of carbonyl (C=O) groups excluding carboxylic acids is 2. The number of hydrogen-bond donors (Lipinski definition) is 2. The van der Waals surface area contributed by atoms with Crippen LogP contribution in [0.2, 0.25) is 0 Å². The van der Waals surface area contributed by atoms with Gasteiger partial charge < -0.3 is 20.3 Å². The molecule has 0 bridgehead atoms. The van der Waals surface area contributed by atoms with Crippen LogP contribution in [-0.4, -0.2) is 62.1 Å². The predicted octanol–water partition coefficient (Wildman–Crippen LogP) is 1.19. The SMILES string of the molecule is CC(C)C(NC(=O)CCC1CCNCC1)C(=O)N1CCOCC1.Cl. The summed E-state index contributed by atoms with van der Waals surface area (Å²) in [5.74, 6) is 0.755. The van der Waals surface area contributed by atoms with Crippen LogP contribution in [-0.2, 0) is 14.3 Å². The van der Waals surface area contributed by atoms with Crippen molar-refractivity contribution in [2.75, 3.05) is 39.4 Å². The number of halogens is 1. The molecule has 6 nitrogen and oxygen atoms in total. The van der Waals surface area contributed by atoms with Gasteiger partial charge in [0.05, 0.1) is 13.2 Å². The molecule has 0 aromatic heterocycles. The molecule has 0 aromatic rings. The second-order valence-corrected chi connectivity index (χ2v) is 6.96. The highest BCUT2D eigenvalue weighted by Crippen LogP contribution is 2.18. The van der Waals surface area contributed by atoms with Crippen molar-refractivity contribution in [3.8, 4) is 0 Å².